The molecule has 9 aromatic carbocycles. The molecule has 0 saturated carbocycles. The van der Waals surface area contributed by atoms with Crippen LogP contribution in [0.15, 0.2) is 205 Å². The number of benzene rings is 9. The highest BCUT2D eigenvalue weighted by Crippen LogP contribution is 2.54. The SMILES string of the molecule is CC1(C)c2ccccc2-c2cc(-c3ccc(N(c4ccc(-c5cccc6c5oc5ccccc56)cc4)c4ccccc4-c4cccc5c4-c4ccccc4C5(C)C)cc3)ccc21. The van der Waals surface area contributed by atoms with Crippen LogP contribution in [0.2, 0.25) is 0 Å². The van der Waals surface area contributed by atoms with Crippen molar-refractivity contribution in [3.8, 4) is 55.6 Å². The number of hydrogen-bond donors (Lipinski definition) is 0. The van der Waals surface area contributed by atoms with E-state index in [1.165, 1.54) is 66.8 Å². The first-order chi connectivity index (χ1) is 30.3. The lowest BCUT2D eigenvalue weighted by molar-refractivity contribution is 0.660. The summed E-state index contributed by atoms with van der Waals surface area (Å²) in [7, 11) is 0. The third-order valence-corrected chi connectivity index (χ3v) is 13.9. The molecule has 1 aromatic heterocycles. The van der Waals surface area contributed by atoms with E-state index < -0.39 is 0 Å². The van der Waals surface area contributed by atoms with Crippen molar-refractivity contribution in [2.24, 2.45) is 0 Å². The Morgan fingerprint density at radius 3 is 1.65 bits per heavy atom. The molecule has 0 N–H and O–H groups in total. The summed E-state index contributed by atoms with van der Waals surface area (Å²) in [5.41, 5.74) is 22.9. The molecule has 2 heteroatoms. The fourth-order valence-corrected chi connectivity index (χ4v) is 10.8. The van der Waals surface area contributed by atoms with Gasteiger partial charge in [-0.15, -0.1) is 0 Å². The second kappa shape index (κ2) is 13.5. The van der Waals surface area contributed by atoms with E-state index in [9.17, 15) is 0 Å². The van der Waals surface area contributed by atoms with Crippen LogP contribution in [-0.4, -0.2) is 0 Å². The molecule has 0 aliphatic heterocycles. The second-order valence-electron chi connectivity index (χ2n) is 18.1. The van der Waals surface area contributed by atoms with Crippen LogP contribution in [0, 0.1) is 0 Å². The summed E-state index contributed by atoms with van der Waals surface area (Å²) in [6.07, 6.45) is 0. The quantitative estimate of drug-likeness (QED) is 0.167. The van der Waals surface area contributed by atoms with E-state index in [0.717, 1.165) is 50.1 Å². The molecule has 2 aliphatic rings. The molecule has 2 aliphatic carbocycles. The van der Waals surface area contributed by atoms with E-state index in [0.29, 0.717) is 0 Å². The molecule has 0 radical (unpaired) electrons. The summed E-state index contributed by atoms with van der Waals surface area (Å²) in [4.78, 5) is 2.43. The minimum absolute atomic E-state index is 0.0208. The number of rotatable bonds is 6. The molecule has 12 rings (SSSR count). The van der Waals surface area contributed by atoms with Gasteiger partial charge in [-0.1, -0.05) is 185 Å². The van der Waals surface area contributed by atoms with Crippen LogP contribution in [-0.2, 0) is 10.8 Å². The molecule has 0 atom stereocenters. The first kappa shape index (κ1) is 36.4. The lowest BCUT2D eigenvalue weighted by Crippen LogP contribution is -2.15. The maximum absolute atomic E-state index is 6.48. The predicted octanol–water partition coefficient (Wildman–Crippen LogP) is 16.7. The van der Waals surface area contributed by atoms with Crippen molar-refractivity contribution in [1.29, 1.82) is 0 Å². The molecule has 0 amide bonds. The van der Waals surface area contributed by atoms with E-state index in [1.807, 2.05) is 6.07 Å². The maximum atomic E-state index is 6.48. The lowest BCUT2D eigenvalue weighted by atomic mass is 9.82. The van der Waals surface area contributed by atoms with Crippen molar-refractivity contribution in [3.05, 3.63) is 222 Å². The number of hydrogen-bond acceptors (Lipinski definition) is 2. The van der Waals surface area contributed by atoms with Crippen molar-refractivity contribution in [1.82, 2.24) is 0 Å². The van der Waals surface area contributed by atoms with E-state index >= 15 is 0 Å². The Balaban J connectivity index is 1.00. The molecule has 0 fully saturated rings. The standard InChI is InChI=1S/C60H45NO/c1-59(2)51-22-9-5-15-44(51)50-37-40(31-36-53(50)59)38-27-32-41(33-28-38)61(42-34-29-39(30-35-42)43-19-13-21-48-46-17-8-12-26-56(46)62-58(43)48)55-25-11-7-16-45(55)47-20-14-24-54-57(47)49-18-6-10-23-52(49)60(54,3)4/h5-37H,1-4H3. The zero-order chi connectivity index (χ0) is 41.7. The zero-order valence-electron chi connectivity index (χ0n) is 35.4. The van der Waals surface area contributed by atoms with Crippen LogP contribution in [0.4, 0.5) is 17.1 Å². The maximum Gasteiger partial charge on any atom is 0.143 e. The average Bonchev–Trinajstić information content (AvgIpc) is 3.90. The summed E-state index contributed by atoms with van der Waals surface area (Å²) < 4.78 is 6.48. The minimum atomic E-state index is -0.0969. The number of anilines is 3. The van der Waals surface area contributed by atoms with Crippen LogP contribution in [0.3, 0.4) is 0 Å². The van der Waals surface area contributed by atoms with E-state index in [2.05, 4.69) is 227 Å². The Morgan fingerprint density at radius 2 is 0.871 bits per heavy atom. The topological polar surface area (TPSA) is 16.4 Å². The van der Waals surface area contributed by atoms with Crippen molar-refractivity contribution >= 4 is 39.0 Å². The van der Waals surface area contributed by atoms with Gasteiger partial charge >= 0.3 is 0 Å². The van der Waals surface area contributed by atoms with Crippen molar-refractivity contribution in [2.75, 3.05) is 4.90 Å². The van der Waals surface area contributed by atoms with Gasteiger partial charge in [-0.05, 0) is 109 Å². The summed E-state index contributed by atoms with van der Waals surface area (Å²) >= 11 is 0. The highest BCUT2D eigenvalue weighted by molar-refractivity contribution is 6.09. The molecule has 0 spiro atoms. The van der Waals surface area contributed by atoms with Gasteiger partial charge in [0, 0.05) is 44.1 Å². The van der Waals surface area contributed by atoms with Crippen LogP contribution >= 0.6 is 0 Å². The first-order valence-corrected chi connectivity index (χ1v) is 21.8. The Morgan fingerprint density at radius 1 is 0.355 bits per heavy atom. The minimum Gasteiger partial charge on any atom is -0.455 e. The van der Waals surface area contributed by atoms with Gasteiger partial charge in [0.05, 0.1) is 5.69 Å². The van der Waals surface area contributed by atoms with Crippen LogP contribution in [0.1, 0.15) is 49.9 Å². The number of para-hydroxylation sites is 3. The Hall–Kier alpha value is -7.42. The normalized spacial score (nSPS) is 14.1. The molecular weight excluding hydrogens is 751 g/mol. The van der Waals surface area contributed by atoms with Crippen LogP contribution < -0.4 is 4.90 Å². The molecular formula is C60H45NO. The third kappa shape index (κ3) is 5.36. The molecule has 1 heterocycles. The van der Waals surface area contributed by atoms with Gasteiger partial charge in [0.15, 0.2) is 0 Å². The summed E-state index contributed by atoms with van der Waals surface area (Å²) in [5.74, 6) is 0. The Labute approximate surface area is 363 Å². The Bertz CT molecular complexity index is 3400. The zero-order valence-corrected chi connectivity index (χ0v) is 35.4. The van der Waals surface area contributed by atoms with Crippen molar-refractivity contribution < 1.29 is 4.42 Å². The highest BCUT2D eigenvalue weighted by atomic mass is 16.3. The molecule has 0 bridgehead atoms. The van der Waals surface area contributed by atoms with Gasteiger partial charge in [0.2, 0.25) is 0 Å². The smallest absolute Gasteiger partial charge is 0.143 e. The van der Waals surface area contributed by atoms with E-state index in [4.69, 9.17) is 4.42 Å². The summed E-state index contributed by atoms with van der Waals surface area (Å²) in [6.45, 7) is 9.39. The molecule has 0 unspecified atom stereocenters. The van der Waals surface area contributed by atoms with E-state index in [-0.39, 0.29) is 10.8 Å². The molecule has 10 aromatic rings. The highest BCUT2D eigenvalue weighted by Gasteiger charge is 2.37. The first-order valence-electron chi connectivity index (χ1n) is 21.8. The van der Waals surface area contributed by atoms with Gasteiger partial charge in [-0.3, -0.25) is 0 Å². The number of nitrogens with zero attached hydrogens (tertiary/aromatic N) is 1. The van der Waals surface area contributed by atoms with Gasteiger partial charge in [-0.2, -0.15) is 0 Å². The van der Waals surface area contributed by atoms with Crippen LogP contribution in [0.25, 0.3) is 77.6 Å². The number of furan rings is 1. The average molecular weight is 796 g/mol. The summed E-state index contributed by atoms with van der Waals surface area (Å²) in [6, 6.07) is 73.5. The third-order valence-electron chi connectivity index (χ3n) is 13.9. The Kier molecular flexibility index (Phi) is 7.96. The fourth-order valence-electron chi connectivity index (χ4n) is 10.8. The van der Waals surface area contributed by atoms with Crippen molar-refractivity contribution in [2.45, 2.75) is 38.5 Å². The van der Waals surface area contributed by atoms with Crippen molar-refractivity contribution in [3.63, 3.8) is 0 Å². The van der Waals surface area contributed by atoms with E-state index in [1.54, 1.807) is 0 Å². The summed E-state index contributed by atoms with van der Waals surface area (Å²) in [5, 5.41) is 2.27. The van der Waals surface area contributed by atoms with Gasteiger partial charge in [0.25, 0.3) is 0 Å². The number of fused-ring (bicyclic) bond motifs is 9. The second-order valence-corrected chi connectivity index (χ2v) is 18.1. The molecule has 2 nitrogen and oxygen atoms in total. The fraction of sp³-hybridized carbons (Fsp3) is 0.100. The molecule has 0 saturated heterocycles. The molecule has 296 valence electrons. The van der Waals surface area contributed by atoms with Crippen LogP contribution in [0.5, 0.6) is 0 Å². The van der Waals surface area contributed by atoms with Gasteiger partial charge < -0.3 is 9.32 Å². The van der Waals surface area contributed by atoms with Gasteiger partial charge in [-0.25, -0.2) is 0 Å². The monoisotopic (exact) mass is 795 g/mol. The largest absolute Gasteiger partial charge is 0.455 e. The van der Waals surface area contributed by atoms with Gasteiger partial charge in [0.1, 0.15) is 11.2 Å². The predicted molar refractivity (Wildman–Crippen MR) is 260 cm³/mol. The lowest BCUT2D eigenvalue weighted by Gasteiger charge is -2.29. The molecule has 62 heavy (non-hydrogen) atoms.